The minimum absolute atomic E-state index is 0.105. The maximum Gasteiger partial charge on any atom is 0.315 e. The molecule has 2 aromatic rings. The van der Waals surface area contributed by atoms with Crippen LogP contribution < -0.4 is 16.0 Å². The van der Waals surface area contributed by atoms with Crippen LogP contribution >= 0.6 is 0 Å². The number of benzene rings is 1. The molecule has 3 aliphatic heterocycles. The Hall–Kier alpha value is -3.27. The molecule has 3 aliphatic rings. The van der Waals surface area contributed by atoms with Crippen LogP contribution in [0.2, 0.25) is 0 Å². The Kier molecular flexibility index (Phi) is 4.70. The predicted molar refractivity (Wildman–Crippen MR) is 104 cm³/mol. The number of rotatable bonds is 5. The predicted octanol–water partition coefficient (Wildman–Crippen LogP) is 0.867. The van der Waals surface area contributed by atoms with E-state index in [0.717, 1.165) is 30.5 Å². The summed E-state index contributed by atoms with van der Waals surface area (Å²) >= 11 is 0. The Labute approximate surface area is 172 Å². The van der Waals surface area contributed by atoms with Crippen molar-refractivity contribution in [3.05, 3.63) is 40.8 Å². The lowest BCUT2D eigenvalue weighted by molar-refractivity contribution is -0.136. The molecule has 2 atom stereocenters. The number of hydrogen-bond donors (Lipinski definition) is 3. The SMILES string of the molecule is O=C1CCC(N2Cc3c(CNc4nnc(C5CCCN5)o4)cccc3C2=O)C(=O)N1. The van der Waals surface area contributed by atoms with Crippen molar-refractivity contribution in [2.24, 2.45) is 0 Å². The molecular weight excluding hydrogens is 388 g/mol. The Bertz CT molecular complexity index is 1010. The van der Waals surface area contributed by atoms with Crippen molar-refractivity contribution in [2.75, 3.05) is 11.9 Å². The number of amides is 3. The highest BCUT2D eigenvalue weighted by Gasteiger charge is 2.39. The Morgan fingerprint density at radius 3 is 2.90 bits per heavy atom. The number of nitrogens with one attached hydrogen (secondary N) is 3. The molecule has 156 valence electrons. The second kappa shape index (κ2) is 7.52. The van der Waals surface area contributed by atoms with Gasteiger partial charge in [-0.3, -0.25) is 19.7 Å². The fourth-order valence-corrected chi connectivity index (χ4v) is 4.33. The standard InChI is InChI=1S/C20H22N6O4/c27-16-7-6-15(17(28)23-16)26-10-13-11(3-1-4-12(13)19(26)29)9-22-20-25-24-18(30-20)14-5-2-8-21-14/h1,3-4,14-15,21H,2,5-10H2,(H,22,25)(H,23,27,28). The van der Waals surface area contributed by atoms with E-state index in [2.05, 4.69) is 26.1 Å². The first-order valence-electron chi connectivity index (χ1n) is 10.2. The number of hydrogen-bond acceptors (Lipinski definition) is 8. The molecule has 1 aromatic heterocycles. The van der Waals surface area contributed by atoms with Crippen LogP contribution in [0.25, 0.3) is 0 Å². The number of carbonyl (C=O) groups is 3. The first kappa shape index (κ1) is 18.7. The molecule has 0 aliphatic carbocycles. The van der Waals surface area contributed by atoms with E-state index in [1.54, 1.807) is 11.0 Å². The maximum atomic E-state index is 12.9. The van der Waals surface area contributed by atoms with Gasteiger partial charge in [0.05, 0.1) is 6.04 Å². The second-order valence-electron chi connectivity index (χ2n) is 7.79. The van der Waals surface area contributed by atoms with Crippen molar-refractivity contribution in [3.8, 4) is 0 Å². The van der Waals surface area contributed by atoms with Crippen LogP contribution in [0.5, 0.6) is 0 Å². The largest absolute Gasteiger partial charge is 0.406 e. The maximum absolute atomic E-state index is 12.9. The number of carbonyl (C=O) groups excluding carboxylic acids is 3. The van der Waals surface area contributed by atoms with Crippen molar-refractivity contribution in [2.45, 2.75) is 50.9 Å². The van der Waals surface area contributed by atoms with Crippen molar-refractivity contribution in [3.63, 3.8) is 0 Å². The molecule has 2 saturated heterocycles. The number of aromatic nitrogens is 2. The van der Waals surface area contributed by atoms with Gasteiger partial charge in [-0.25, -0.2) is 0 Å². The normalized spacial score (nSPS) is 23.6. The smallest absolute Gasteiger partial charge is 0.315 e. The minimum atomic E-state index is -0.624. The Balaban J connectivity index is 1.30. The van der Waals surface area contributed by atoms with Crippen molar-refractivity contribution in [1.29, 1.82) is 0 Å². The number of imide groups is 1. The van der Waals surface area contributed by atoms with E-state index in [-0.39, 0.29) is 24.3 Å². The molecule has 0 saturated carbocycles. The van der Waals surface area contributed by atoms with Gasteiger partial charge in [-0.15, -0.1) is 5.10 Å². The van der Waals surface area contributed by atoms with Gasteiger partial charge < -0.3 is 20.0 Å². The molecule has 0 bridgehead atoms. The van der Waals surface area contributed by atoms with Crippen molar-refractivity contribution >= 4 is 23.7 Å². The van der Waals surface area contributed by atoms with E-state index in [1.807, 2.05) is 12.1 Å². The van der Waals surface area contributed by atoms with Gasteiger partial charge in [0.2, 0.25) is 17.7 Å². The van der Waals surface area contributed by atoms with E-state index in [1.165, 1.54) is 0 Å². The molecule has 4 heterocycles. The zero-order valence-corrected chi connectivity index (χ0v) is 16.3. The van der Waals surface area contributed by atoms with E-state index < -0.39 is 11.9 Å². The number of fused-ring (bicyclic) bond motifs is 1. The van der Waals surface area contributed by atoms with Gasteiger partial charge in [0.1, 0.15) is 6.04 Å². The second-order valence-corrected chi connectivity index (χ2v) is 7.79. The highest BCUT2D eigenvalue weighted by atomic mass is 16.4. The molecule has 3 amide bonds. The fraction of sp³-hybridized carbons (Fsp3) is 0.450. The van der Waals surface area contributed by atoms with Crippen molar-refractivity contribution in [1.82, 2.24) is 25.7 Å². The number of nitrogens with zero attached hydrogens (tertiary/aromatic N) is 3. The van der Waals surface area contributed by atoms with Gasteiger partial charge >= 0.3 is 6.01 Å². The first-order chi connectivity index (χ1) is 14.6. The van der Waals surface area contributed by atoms with Crippen molar-refractivity contribution < 1.29 is 18.8 Å². The molecule has 0 radical (unpaired) electrons. The quantitative estimate of drug-likeness (QED) is 0.619. The lowest BCUT2D eigenvalue weighted by atomic mass is 10.0. The molecule has 30 heavy (non-hydrogen) atoms. The molecule has 10 heteroatoms. The zero-order chi connectivity index (χ0) is 20.7. The molecule has 5 rings (SSSR count). The topological polar surface area (TPSA) is 129 Å². The van der Waals surface area contributed by atoms with Crippen LogP contribution in [0.1, 0.15) is 59.1 Å². The molecule has 2 fully saturated rings. The van der Waals surface area contributed by atoms with Gasteiger partial charge in [-0.1, -0.05) is 17.2 Å². The van der Waals surface area contributed by atoms with Crippen LogP contribution in [0.4, 0.5) is 6.01 Å². The summed E-state index contributed by atoms with van der Waals surface area (Å²) in [7, 11) is 0. The summed E-state index contributed by atoms with van der Waals surface area (Å²) in [5, 5.41) is 16.9. The fourth-order valence-electron chi connectivity index (χ4n) is 4.33. The number of piperidine rings is 1. The Morgan fingerprint density at radius 2 is 2.10 bits per heavy atom. The summed E-state index contributed by atoms with van der Waals surface area (Å²) in [4.78, 5) is 38.1. The third-order valence-corrected chi connectivity index (χ3v) is 5.91. The zero-order valence-electron chi connectivity index (χ0n) is 16.3. The van der Waals surface area contributed by atoms with Crippen LogP contribution in [0.3, 0.4) is 0 Å². The summed E-state index contributed by atoms with van der Waals surface area (Å²) in [5.41, 5.74) is 2.38. The minimum Gasteiger partial charge on any atom is -0.406 e. The molecule has 10 nitrogen and oxygen atoms in total. The van der Waals surface area contributed by atoms with E-state index in [4.69, 9.17) is 4.42 Å². The molecular formula is C20H22N6O4. The highest BCUT2D eigenvalue weighted by molar-refractivity contribution is 6.05. The number of anilines is 1. The lowest BCUT2D eigenvalue weighted by Crippen LogP contribution is -2.52. The summed E-state index contributed by atoms with van der Waals surface area (Å²) in [6.07, 6.45) is 2.65. The van der Waals surface area contributed by atoms with Crippen LogP contribution in [0.15, 0.2) is 22.6 Å². The Morgan fingerprint density at radius 1 is 1.20 bits per heavy atom. The molecule has 3 N–H and O–H groups in total. The summed E-state index contributed by atoms with van der Waals surface area (Å²) < 4.78 is 5.71. The van der Waals surface area contributed by atoms with Crippen LogP contribution in [-0.4, -0.2) is 45.4 Å². The van der Waals surface area contributed by atoms with Crippen LogP contribution in [0, 0.1) is 0 Å². The highest BCUT2D eigenvalue weighted by Crippen LogP contribution is 2.30. The summed E-state index contributed by atoms with van der Waals surface area (Å²) in [6.45, 7) is 1.70. The van der Waals surface area contributed by atoms with Gasteiger partial charge in [0.25, 0.3) is 5.91 Å². The molecule has 2 unspecified atom stereocenters. The van der Waals surface area contributed by atoms with E-state index in [0.29, 0.717) is 37.0 Å². The monoisotopic (exact) mass is 410 g/mol. The van der Waals surface area contributed by atoms with E-state index >= 15 is 0 Å². The molecule has 1 aromatic carbocycles. The third kappa shape index (κ3) is 3.32. The van der Waals surface area contributed by atoms with E-state index in [9.17, 15) is 14.4 Å². The summed E-state index contributed by atoms with van der Waals surface area (Å²) in [5.74, 6) is -0.316. The average Bonchev–Trinajstić information content (AvgIpc) is 3.47. The van der Waals surface area contributed by atoms with Gasteiger partial charge in [0, 0.05) is 25.1 Å². The molecule has 0 spiro atoms. The van der Waals surface area contributed by atoms with Gasteiger partial charge in [-0.05, 0) is 43.0 Å². The lowest BCUT2D eigenvalue weighted by Gasteiger charge is -2.29. The average molecular weight is 410 g/mol. The first-order valence-corrected chi connectivity index (χ1v) is 10.2. The van der Waals surface area contributed by atoms with Crippen LogP contribution in [-0.2, 0) is 22.7 Å². The third-order valence-electron chi connectivity index (χ3n) is 5.91. The van der Waals surface area contributed by atoms with Gasteiger partial charge in [0.15, 0.2) is 0 Å². The van der Waals surface area contributed by atoms with Gasteiger partial charge in [-0.2, -0.15) is 0 Å². The summed E-state index contributed by atoms with van der Waals surface area (Å²) in [6, 6.07) is 5.34.